The molecule has 0 aliphatic rings. The van der Waals surface area contributed by atoms with Crippen molar-refractivity contribution >= 4 is 11.0 Å². The van der Waals surface area contributed by atoms with E-state index in [1.165, 1.54) is 0 Å². The Morgan fingerprint density at radius 2 is 1.62 bits per heavy atom. The molecule has 4 rings (SSSR count). The minimum Gasteiger partial charge on any atom is -0.497 e. The van der Waals surface area contributed by atoms with Gasteiger partial charge in [-0.05, 0) is 42.0 Å². The number of benzene rings is 3. The highest BCUT2D eigenvalue weighted by Crippen LogP contribution is 2.21. The van der Waals surface area contributed by atoms with Gasteiger partial charge in [0.05, 0.1) is 24.7 Å². The number of para-hydroxylation sites is 3. The third-order valence-electron chi connectivity index (χ3n) is 4.83. The van der Waals surface area contributed by atoms with E-state index in [9.17, 15) is 5.11 Å². The summed E-state index contributed by atoms with van der Waals surface area (Å²) in [6.07, 6.45) is 0.0210. The van der Waals surface area contributed by atoms with Crippen molar-refractivity contribution in [2.45, 2.75) is 19.1 Å². The van der Waals surface area contributed by atoms with Crippen molar-refractivity contribution in [2.75, 3.05) is 13.7 Å². The molecule has 0 spiro atoms. The number of hydrogen-bond acceptors (Lipinski definition) is 4. The zero-order valence-electron chi connectivity index (χ0n) is 16.4. The monoisotopic (exact) mass is 388 g/mol. The molecule has 1 heterocycles. The van der Waals surface area contributed by atoms with Gasteiger partial charge in [-0.15, -0.1) is 0 Å². The molecule has 0 aliphatic heterocycles. The Kier molecular flexibility index (Phi) is 5.77. The lowest BCUT2D eigenvalue weighted by Gasteiger charge is -2.16. The van der Waals surface area contributed by atoms with Crippen molar-refractivity contribution in [2.24, 2.45) is 0 Å². The quantitative estimate of drug-likeness (QED) is 0.494. The molecule has 1 atom stereocenters. The third-order valence-corrected chi connectivity index (χ3v) is 4.83. The van der Waals surface area contributed by atoms with E-state index in [0.717, 1.165) is 33.9 Å². The first kappa shape index (κ1) is 19.0. The molecule has 148 valence electrons. The molecule has 0 radical (unpaired) electrons. The van der Waals surface area contributed by atoms with Crippen LogP contribution >= 0.6 is 0 Å². The van der Waals surface area contributed by atoms with Gasteiger partial charge in [0.2, 0.25) is 0 Å². The standard InChI is InChI=1S/C24H24N2O3/c1-28-20-13-11-18(12-14-20)15-24-25-22-9-5-6-10-23(22)26(24)16-19(27)17-29-21-7-3-2-4-8-21/h2-14,19,27H,15-17H2,1H3/t19-/m0/s1. The van der Waals surface area contributed by atoms with Crippen molar-refractivity contribution in [3.05, 3.63) is 90.3 Å². The molecule has 4 aromatic rings. The highest BCUT2D eigenvalue weighted by Gasteiger charge is 2.15. The van der Waals surface area contributed by atoms with Gasteiger partial charge in [0, 0.05) is 6.42 Å². The second-order valence-corrected chi connectivity index (χ2v) is 6.93. The zero-order chi connectivity index (χ0) is 20.1. The first-order valence-electron chi connectivity index (χ1n) is 9.66. The van der Waals surface area contributed by atoms with Crippen LogP contribution in [0.5, 0.6) is 11.5 Å². The Hall–Kier alpha value is -3.31. The summed E-state index contributed by atoms with van der Waals surface area (Å²) in [7, 11) is 1.66. The van der Waals surface area contributed by atoms with Gasteiger partial charge in [-0.1, -0.05) is 42.5 Å². The number of nitrogens with zero attached hydrogens (tertiary/aromatic N) is 2. The molecular weight excluding hydrogens is 364 g/mol. The van der Waals surface area contributed by atoms with Gasteiger partial charge in [-0.2, -0.15) is 0 Å². The van der Waals surface area contributed by atoms with E-state index in [1.54, 1.807) is 7.11 Å². The second kappa shape index (κ2) is 8.80. The maximum Gasteiger partial charge on any atom is 0.119 e. The van der Waals surface area contributed by atoms with Crippen LogP contribution in [0.15, 0.2) is 78.9 Å². The fourth-order valence-electron chi connectivity index (χ4n) is 3.36. The van der Waals surface area contributed by atoms with Crippen molar-refractivity contribution in [3.8, 4) is 11.5 Å². The van der Waals surface area contributed by atoms with Crippen LogP contribution in [-0.4, -0.2) is 34.5 Å². The number of ether oxygens (including phenoxy) is 2. The summed E-state index contributed by atoms with van der Waals surface area (Å²) in [4.78, 5) is 4.80. The Morgan fingerprint density at radius 3 is 2.38 bits per heavy atom. The summed E-state index contributed by atoms with van der Waals surface area (Å²) in [6, 6.07) is 25.5. The predicted octanol–water partition coefficient (Wildman–Crippen LogP) is 4.08. The van der Waals surface area contributed by atoms with E-state index in [-0.39, 0.29) is 6.61 Å². The van der Waals surface area contributed by atoms with Gasteiger partial charge in [0.15, 0.2) is 0 Å². The van der Waals surface area contributed by atoms with Crippen LogP contribution in [0, 0.1) is 0 Å². The number of aliphatic hydroxyl groups is 1. The molecule has 0 amide bonds. The smallest absolute Gasteiger partial charge is 0.119 e. The molecular formula is C24H24N2O3. The number of imidazole rings is 1. The number of hydrogen-bond donors (Lipinski definition) is 1. The van der Waals surface area contributed by atoms with E-state index < -0.39 is 6.10 Å². The third kappa shape index (κ3) is 4.58. The van der Waals surface area contributed by atoms with E-state index in [4.69, 9.17) is 14.5 Å². The van der Waals surface area contributed by atoms with Crippen LogP contribution < -0.4 is 9.47 Å². The summed E-state index contributed by atoms with van der Waals surface area (Å²) in [6.45, 7) is 0.636. The number of fused-ring (bicyclic) bond motifs is 1. The first-order valence-corrected chi connectivity index (χ1v) is 9.66. The molecule has 0 saturated heterocycles. The number of aromatic nitrogens is 2. The Balaban J connectivity index is 1.54. The summed E-state index contributed by atoms with van der Waals surface area (Å²) < 4.78 is 13.0. The Labute approximate surface area is 170 Å². The fraction of sp³-hybridized carbons (Fsp3) is 0.208. The second-order valence-electron chi connectivity index (χ2n) is 6.93. The number of methoxy groups -OCH3 is 1. The average Bonchev–Trinajstić information content (AvgIpc) is 3.10. The highest BCUT2D eigenvalue weighted by atomic mass is 16.5. The molecule has 1 aromatic heterocycles. The normalized spacial score (nSPS) is 12.1. The lowest BCUT2D eigenvalue weighted by molar-refractivity contribution is 0.0928. The fourth-order valence-corrected chi connectivity index (χ4v) is 3.36. The van der Waals surface area contributed by atoms with Gasteiger partial charge >= 0.3 is 0 Å². The molecule has 0 unspecified atom stereocenters. The van der Waals surface area contributed by atoms with E-state index in [0.29, 0.717) is 13.0 Å². The summed E-state index contributed by atoms with van der Waals surface area (Å²) in [5, 5.41) is 10.6. The average molecular weight is 388 g/mol. The van der Waals surface area contributed by atoms with Crippen LogP contribution in [0.25, 0.3) is 11.0 Å². The van der Waals surface area contributed by atoms with Crippen LogP contribution in [0.2, 0.25) is 0 Å². The molecule has 0 bridgehead atoms. The maximum atomic E-state index is 10.6. The minimum atomic E-state index is -0.651. The van der Waals surface area contributed by atoms with Crippen molar-refractivity contribution < 1.29 is 14.6 Å². The Bertz CT molecular complexity index is 1060. The van der Waals surface area contributed by atoms with Crippen LogP contribution in [0.4, 0.5) is 0 Å². The molecule has 0 fully saturated rings. The first-order chi connectivity index (χ1) is 14.2. The predicted molar refractivity (Wildman–Crippen MR) is 113 cm³/mol. The summed E-state index contributed by atoms with van der Waals surface area (Å²) in [5.41, 5.74) is 3.07. The summed E-state index contributed by atoms with van der Waals surface area (Å²) >= 11 is 0. The van der Waals surface area contributed by atoms with Gasteiger partial charge in [-0.25, -0.2) is 4.98 Å². The maximum absolute atomic E-state index is 10.6. The van der Waals surface area contributed by atoms with Gasteiger partial charge in [0.25, 0.3) is 0 Å². The number of aliphatic hydroxyl groups excluding tert-OH is 1. The molecule has 29 heavy (non-hydrogen) atoms. The minimum absolute atomic E-state index is 0.221. The number of rotatable bonds is 8. The van der Waals surface area contributed by atoms with Crippen molar-refractivity contribution in [1.82, 2.24) is 9.55 Å². The zero-order valence-corrected chi connectivity index (χ0v) is 16.4. The van der Waals surface area contributed by atoms with Crippen LogP contribution in [0.1, 0.15) is 11.4 Å². The molecule has 0 aliphatic carbocycles. The topological polar surface area (TPSA) is 56.5 Å². The molecule has 3 aromatic carbocycles. The van der Waals surface area contributed by atoms with Crippen molar-refractivity contribution in [3.63, 3.8) is 0 Å². The van der Waals surface area contributed by atoms with Gasteiger partial charge in [0.1, 0.15) is 30.0 Å². The summed E-state index contributed by atoms with van der Waals surface area (Å²) in [5.74, 6) is 2.49. The molecule has 5 nitrogen and oxygen atoms in total. The van der Waals surface area contributed by atoms with Gasteiger partial charge < -0.3 is 19.1 Å². The lowest BCUT2D eigenvalue weighted by Crippen LogP contribution is -2.24. The lowest BCUT2D eigenvalue weighted by atomic mass is 10.1. The van der Waals surface area contributed by atoms with E-state index in [2.05, 4.69) is 4.57 Å². The van der Waals surface area contributed by atoms with Crippen molar-refractivity contribution in [1.29, 1.82) is 0 Å². The highest BCUT2D eigenvalue weighted by molar-refractivity contribution is 5.76. The van der Waals surface area contributed by atoms with E-state index in [1.807, 2.05) is 78.9 Å². The van der Waals surface area contributed by atoms with Gasteiger partial charge in [-0.3, -0.25) is 0 Å². The molecule has 1 N–H and O–H groups in total. The molecule has 0 saturated carbocycles. The van der Waals surface area contributed by atoms with Crippen LogP contribution in [0.3, 0.4) is 0 Å². The SMILES string of the molecule is COc1ccc(Cc2nc3ccccc3n2C[C@H](O)COc2ccccc2)cc1. The molecule has 5 heteroatoms. The Morgan fingerprint density at radius 1 is 0.897 bits per heavy atom. The largest absolute Gasteiger partial charge is 0.497 e. The van der Waals surface area contributed by atoms with Crippen LogP contribution in [-0.2, 0) is 13.0 Å². The van der Waals surface area contributed by atoms with E-state index >= 15 is 0 Å².